The van der Waals surface area contributed by atoms with Gasteiger partial charge < -0.3 is 42.5 Å². The van der Waals surface area contributed by atoms with E-state index in [0.717, 1.165) is 0 Å². The molecular formula is C14H20N6O8. The molecule has 1 aromatic rings. The topological polar surface area (TPSA) is 251 Å². The summed E-state index contributed by atoms with van der Waals surface area (Å²) < 4.78 is 0. The Morgan fingerprint density at radius 1 is 0.786 bits per heavy atom. The third-order valence-corrected chi connectivity index (χ3v) is 3.54. The molecule has 0 fully saturated rings. The van der Waals surface area contributed by atoms with Gasteiger partial charge in [-0.25, -0.2) is 9.97 Å². The summed E-state index contributed by atoms with van der Waals surface area (Å²) in [6.07, 6.45) is 0. The van der Waals surface area contributed by atoms with Gasteiger partial charge in [0, 0.05) is 13.1 Å². The van der Waals surface area contributed by atoms with Crippen LogP contribution in [0, 0.1) is 11.8 Å². The second kappa shape index (κ2) is 9.98. The minimum Gasteiger partial charge on any atom is -0.481 e. The Bertz CT molecular complexity index is 707. The number of nitrogen functional groups attached to an aromatic ring is 2. The number of carboxylic acids is 2. The number of carbonyl (C=O) groups excluding carboxylic acids is 2. The van der Waals surface area contributed by atoms with Crippen molar-refractivity contribution in [3.63, 3.8) is 0 Å². The molecule has 14 nitrogen and oxygen atoms in total. The fraction of sp³-hybridized carbons (Fsp3) is 0.429. The van der Waals surface area contributed by atoms with Crippen molar-refractivity contribution in [3.05, 3.63) is 11.4 Å². The summed E-state index contributed by atoms with van der Waals surface area (Å²) >= 11 is 0. The molecule has 0 radical (unpaired) electrons. The Labute approximate surface area is 157 Å². The van der Waals surface area contributed by atoms with E-state index in [4.69, 9.17) is 31.9 Å². The maximum absolute atomic E-state index is 12.1. The van der Waals surface area contributed by atoms with Gasteiger partial charge in [0.1, 0.15) is 0 Å². The lowest BCUT2D eigenvalue weighted by Gasteiger charge is -2.13. The number of aromatic nitrogens is 2. The molecule has 28 heavy (non-hydrogen) atoms. The van der Waals surface area contributed by atoms with Crippen molar-refractivity contribution in [3.8, 4) is 0 Å². The fourth-order valence-corrected chi connectivity index (χ4v) is 1.85. The molecule has 2 amide bonds. The average molecular weight is 400 g/mol. The van der Waals surface area contributed by atoms with Crippen LogP contribution in [0.2, 0.25) is 0 Å². The number of anilines is 2. The Morgan fingerprint density at radius 3 is 1.36 bits per heavy atom. The van der Waals surface area contributed by atoms with Gasteiger partial charge in [-0.05, 0) is 0 Å². The van der Waals surface area contributed by atoms with Crippen LogP contribution < -0.4 is 22.1 Å². The van der Waals surface area contributed by atoms with Crippen LogP contribution in [0.1, 0.15) is 21.0 Å². The molecule has 1 heterocycles. The Morgan fingerprint density at radius 2 is 1.11 bits per heavy atom. The number of aliphatic hydroxyl groups excluding tert-OH is 2. The summed E-state index contributed by atoms with van der Waals surface area (Å²) in [5, 5.41) is 39.9. The molecule has 0 aliphatic heterocycles. The molecular weight excluding hydrogens is 380 g/mol. The molecule has 1 aromatic heterocycles. The van der Waals surface area contributed by atoms with Crippen molar-refractivity contribution in [1.82, 2.24) is 20.6 Å². The lowest BCUT2D eigenvalue weighted by molar-refractivity contribution is -0.143. The van der Waals surface area contributed by atoms with Gasteiger partial charge in [-0.1, -0.05) is 0 Å². The first-order chi connectivity index (χ1) is 13.1. The zero-order chi connectivity index (χ0) is 21.4. The van der Waals surface area contributed by atoms with Gasteiger partial charge in [-0.15, -0.1) is 0 Å². The van der Waals surface area contributed by atoms with E-state index in [-0.39, 0.29) is 0 Å². The molecule has 0 aliphatic carbocycles. The van der Waals surface area contributed by atoms with Gasteiger partial charge in [0.15, 0.2) is 23.0 Å². The minimum atomic E-state index is -1.32. The van der Waals surface area contributed by atoms with Crippen LogP contribution >= 0.6 is 0 Å². The van der Waals surface area contributed by atoms with Crippen LogP contribution in [0.15, 0.2) is 0 Å². The lowest BCUT2D eigenvalue weighted by Crippen LogP contribution is -2.37. The Balaban J connectivity index is 2.88. The minimum absolute atomic E-state index is 0.411. The van der Waals surface area contributed by atoms with E-state index in [0.29, 0.717) is 0 Å². The summed E-state index contributed by atoms with van der Waals surface area (Å²) in [7, 11) is 0. The van der Waals surface area contributed by atoms with E-state index in [1.807, 2.05) is 0 Å². The number of nitrogens with one attached hydrogen (secondary N) is 2. The van der Waals surface area contributed by atoms with E-state index in [1.54, 1.807) is 0 Å². The number of aliphatic carboxylic acids is 2. The molecule has 0 saturated carbocycles. The lowest BCUT2D eigenvalue weighted by atomic mass is 10.1. The van der Waals surface area contributed by atoms with Crippen LogP contribution in [0.5, 0.6) is 0 Å². The number of hydrogen-bond acceptors (Lipinski definition) is 10. The first-order valence-electron chi connectivity index (χ1n) is 7.79. The first-order valence-corrected chi connectivity index (χ1v) is 7.79. The van der Waals surface area contributed by atoms with Gasteiger partial charge in [0.05, 0.1) is 25.0 Å². The van der Waals surface area contributed by atoms with Crippen molar-refractivity contribution >= 4 is 35.4 Å². The van der Waals surface area contributed by atoms with Crippen LogP contribution in [-0.4, -0.2) is 80.5 Å². The van der Waals surface area contributed by atoms with Crippen molar-refractivity contribution in [1.29, 1.82) is 0 Å². The van der Waals surface area contributed by atoms with Crippen molar-refractivity contribution in [2.45, 2.75) is 0 Å². The molecule has 1 rings (SSSR count). The second-order valence-corrected chi connectivity index (χ2v) is 5.55. The van der Waals surface area contributed by atoms with E-state index >= 15 is 0 Å². The summed E-state index contributed by atoms with van der Waals surface area (Å²) in [5.41, 5.74) is 10.3. The highest BCUT2D eigenvalue weighted by molar-refractivity contribution is 6.01. The summed E-state index contributed by atoms with van der Waals surface area (Å²) in [5.74, 6) is -7.94. The number of aliphatic hydroxyl groups is 2. The van der Waals surface area contributed by atoms with Gasteiger partial charge in [-0.2, -0.15) is 0 Å². The van der Waals surface area contributed by atoms with E-state index in [1.165, 1.54) is 0 Å². The zero-order valence-corrected chi connectivity index (χ0v) is 14.5. The largest absolute Gasteiger partial charge is 0.481 e. The van der Waals surface area contributed by atoms with Gasteiger partial charge in [0.2, 0.25) is 0 Å². The third kappa shape index (κ3) is 5.75. The van der Waals surface area contributed by atoms with E-state index in [2.05, 4.69) is 20.6 Å². The SMILES string of the molecule is Nc1nc(C(=O)NC[C@H](CO)C(=O)O)c(N)nc1C(=O)NC[C@H](CO)C(=O)O. The standard InChI is InChI=1S/C14H20N6O8/c15-9-7(11(23)17-1-5(3-21)13(25)26)19-10(16)8(20-9)12(24)18-2-6(4-22)14(27)28/h5-6,21-22H,1-4H2,(H2,16,19)(H2,15,20)(H,17,23)(H,18,24)(H,25,26)(H,27,28)/t5-,6-/m1/s1. The number of carboxylic acid groups (broad SMARTS) is 2. The van der Waals surface area contributed by atoms with E-state index in [9.17, 15) is 19.2 Å². The van der Waals surface area contributed by atoms with Crippen molar-refractivity contribution in [2.24, 2.45) is 11.8 Å². The molecule has 14 heteroatoms. The van der Waals surface area contributed by atoms with Gasteiger partial charge >= 0.3 is 11.9 Å². The van der Waals surface area contributed by atoms with E-state index < -0.39 is 84.9 Å². The Kier molecular flexibility index (Phi) is 8.03. The van der Waals surface area contributed by atoms with Crippen molar-refractivity contribution in [2.75, 3.05) is 37.8 Å². The number of nitrogens with zero attached hydrogens (tertiary/aromatic N) is 2. The number of rotatable bonds is 10. The van der Waals surface area contributed by atoms with Gasteiger partial charge in [-0.3, -0.25) is 19.2 Å². The van der Waals surface area contributed by atoms with Crippen LogP contribution in [0.4, 0.5) is 11.6 Å². The number of amides is 2. The second-order valence-electron chi connectivity index (χ2n) is 5.55. The number of carbonyl (C=O) groups is 4. The normalized spacial score (nSPS) is 12.6. The molecule has 0 unspecified atom stereocenters. The zero-order valence-electron chi connectivity index (χ0n) is 14.5. The highest BCUT2D eigenvalue weighted by Crippen LogP contribution is 2.13. The highest BCUT2D eigenvalue weighted by Gasteiger charge is 2.24. The average Bonchev–Trinajstić information content (AvgIpc) is 2.63. The van der Waals surface area contributed by atoms with Crippen LogP contribution in [0.3, 0.4) is 0 Å². The maximum Gasteiger partial charge on any atom is 0.310 e. The molecule has 0 spiro atoms. The molecule has 2 atom stereocenters. The fourth-order valence-electron chi connectivity index (χ4n) is 1.85. The third-order valence-electron chi connectivity index (χ3n) is 3.54. The monoisotopic (exact) mass is 400 g/mol. The molecule has 0 bridgehead atoms. The maximum atomic E-state index is 12.1. The molecule has 0 aliphatic rings. The summed E-state index contributed by atoms with van der Waals surface area (Å²) in [4.78, 5) is 53.1. The quantitative estimate of drug-likeness (QED) is 0.190. The number of nitrogens with two attached hydrogens (primary N) is 2. The predicted octanol–water partition coefficient (Wildman–Crippen LogP) is -3.51. The van der Waals surface area contributed by atoms with Crippen LogP contribution in [-0.2, 0) is 9.59 Å². The highest BCUT2D eigenvalue weighted by atomic mass is 16.4. The smallest absolute Gasteiger partial charge is 0.310 e. The predicted molar refractivity (Wildman–Crippen MR) is 91.9 cm³/mol. The van der Waals surface area contributed by atoms with Gasteiger partial charge in [0.25, 0.3) is 11.8 Å². The number of hydrogen-bond donors (Lipinski definition) is 8. The Hall–Kier alpha value is -3.52. The summed E-state index contributed by atoms with van der Waals surface area (Å²) in [6.45, 7) is -2.23. The molecule has 0 aromatic carbocycles. The molecule has 10 N–H and O–H groups in total. The summed E-state index contributed by atoms with van der Waals surface area (Å²) in [6, 6.07) is 0. The first kappa shape index (κ1) is 22.5. The molecule has 154 valence electrons. The van der Waals surface area contributed by atoms with Crippen molar-refractivity contribution < 1.29 is 39.6 Å². The molecule has 0 saturated heterocycles. The van der Waals surface area contributed by atoms with Crippen LogP contribution in [0.25, 0.3) is 0 Å².